The van der Waals surface area contributed by atoms with Crippen LogP contribution in [0.2, 0.25) is 0 Å². The van der Waals surface area contributed by atoms with Gasteiger partial charge in [-0.15, -0.1) is 0 Å². The maximum absolute atomic E-state index is 5.85. The zero-order valence-electron chi connectivity index (χ0n) is 13.1. The predicted molar refractivity (Wildman–Crippen MR) is 88.8 cm³/mol. The van der Waals surface area contributed by atoms with E-state index in [1.165, 1.54) is 19.3 Å². The number of hydrogen-bond acceptors (Lipinski definition) is 3. The molecule has 0 amide bonds. The Hall–Kier alpha value is -1.61. The summed E-state index contributed by atoms with van der Waals surface area (Å²) in [6, 6.07) is 10.7. The molecule has 2 rings (SSSR count). The van der Waals surface area contributed by atoms with Crippen LogP contribution in [0.1, 0.15) is 39.5 Å². The highest BCUT2D eigenvalue weighted by molar-refractivity contribution is 5.79. The monoisotopic (exact) mass is 286 g/mol. The number of nitrogens with one attached hydrogen (secondary N) is 1. The largest absolute Gasteiger partial charge is 0.494 e. The first-order chi connectivity index (χ1) is 10.3. The van der Waals surface area contributed by atoms with Crippen molar-refractivity contribution in [1.82, 2.24) is 10.3 Å². The Morgan fingerprint density at radius 3 is 2.95 bits per heavy atom. The van der Waals surface area contributed by atoms with Crippen LogP contribution in [0, 0.1) is 0 Å². The van der Waals surface area contributed by atoms with E-state index in [0.29, 0.717) is 6.04 Å². The first-order valence-electron chi connectivity index (χ1n) is 8.04. The zero-order valence-corrected chi connectivity index (χ0v) is 13.1. The molecule has 0 saturated heterocycles. The van der Waals surface area contributed by atoms with Gasteiger partial charge in [-0.1, -0.05) is 19.9 Å². The van der Waals surface area contributed by atoms with Gasteiger partial charge in [-0.05, 0) is 50.4 Å². The van der Waals surface area contributed by atoms with Crippen LogP contribution in [0.4, 0.5) is 0 Å². The lowest BCUT2D eigenvalue weighted by molar-refractivity contribution is 0.294. The fraction of sp³-hybridized carbons (Fsp3) is 0.500. The highest BCUT2D eigenvalue weighted by Gasteiger charge is 2.04. The minimum atomic E-state index is 0.617. The molecule has 1 heterocycles. The Labute approximate surface area is 127 Å². The van der Waals surface area contributed by atoms with Crippen LogP contribution in [0.5, 0.6) is 5.75 Å². The molecule has 3 nitrogen and oxygen atoms in total. The molecule has 0 aliphatic carbocycles. The van der Waals surface area contributed by atoms with Crippen LogP contribution in [-0.2, 0) is 0 Å². The van der Waals surface area contributed by atoms with Crippen LogP contribution in [0.15, 0.2) is 36.5 Å². The van der Waals surface area contributed by atoms with E-state index >= 15 is 0 Å². The SMILES string of the molecule is CCCNC(CC)CCCOc1ccc2cccnc2c1. The molecular formula is C18H26N2O. The van der Waals surface area contributed by atoms with Crippen LogP contribution < -0.4 is 10.1 Å². The molecular weight excluding hydrogens is 260 g/mol. The molecule has 2 aromatic rings. The summed E-state index contributed by atoms with van der Waals surface area (Å²) in [5.74, 6) is 0.913. The fourth-order valence-corrected chi connectivity index (χ4v) is 2.45. The standard InChI is InChI=1S/C18H26N2O/c1-3-11-19-16(4-2)8-6-13-21-17-10-9-15-7-5-12-20-18(15)14-17/h5,7,9-10,12,14,16,19H,3-4,6,8,11,13H2,1-2H3. The molecule has 0 aliphatic heterocycles. The molecule has 0 aliphatic rings. The smallest absolute Gasteiger partial charge is 0.121 e. The van der Waals surface area contributed by atoms with Crippen LogP contribution in [0.25, 0.3) is 10.9 Å². The molecule has 1 unspecified atom stereocenters. The third kappa shape index (κ3) is 5.01. The van der Waals surface area contributed by atoms with Gasteiger partial charge >= 0.3 is 0 Å². The van der Waals surface area contributed by atoms with Crippen molar-refractivity contribution in [2.45, 2.75) is 45.6 Å². The molecule has 1 atom stereocenters. The Morgan fingerprint density at radius 1 is 1.24 bits per heavy atom. The summed E-state index contributed by atoms with van der Waals surface area (Å²) in [7, 11) is 0. The van der Waals surface area contributed by atoms with E-state index in [2.05, 4.69) is 36.3 Å². The van der Waals surface area contributed by atoms with Gasteiger partial charge in [0.25, 0.3) is 0 Å². The minimum absolute atomic E-state index is 0.617. The van der Waals surface area contributed by atoms with Gasteiger partial charge in [-0.3, -0.25) is 4.98 Å². The molecule has 0 fully saturated rings. The number of benzene rings is 1. The number of aromatic nitrogens is 1. The van der Waals surface area contributed by atoms with Crippen LogP contribution in [0.3, 0.4) is 0 Å². The van der Waals surface area contributed by atoms with Crippen molar-refractivity contribution in [3.05, 3.63) is 36.5 Å². The average molecular weight is 286 g/mol. The Morgan fingerprint density at radius 2 is 2.14 bits per heavy atom. The second-order valence-electron chi connectivity index (χ2n) is 5.41. The fourth-order valence-electron chi connectivity index (χ4n) is 2.45. The lowest BCUT2D eigenvalue weighted by Crippen LogP contribution is -2.29. The van der Waals surface area contributed by atoms with Gasteiger partial charge < -0.3 is 10.1 Å². The second kappa shape index (κ2) is 8.63. The zero-order chi connectivity index (χ0) is 14.9. The maximum atomic E-state index is 5.85. The predicted octanol–water partition coefficient (Wildman–Crippen LogP) is 4.17. The van der Waals surface area contributed by atoms with Gasteiger partial charge in [0.15, 0.2) is 0 Å². The number of ether oxygens (including phenoxy) is 1. The topological polar surface area (TPSA) is 34.1 Å². The molecule has 0 spiro atoms. The van der Waals surface area contributed by atoms with E-state index in [4.69, 9.17) is 4.74 Å². The number of pyridine rings is 1. The summed E-state index contributed by atoms with van der Waals surface area (Å²) in [5.41, 5.74) is 0.992. The van der Waals surface area contributed by atoms with Gasteiger partial charge in [0.1, 0.15) is 5.75 Å². The van der Waals surface area contributed by atoms with Crippen molar-refractivity contribution in [2.75, 3.05) is 13.2 Å². The van der Waals surface area contributed by atoms with Gasteiger partial charge in [0.2, 0.25) is 0 Å². The third-order valence-electron chi connectivity index (χ3n) is 3.72. The number of fused-ring (bicyclic) bond motifs is 1. The lowest BCUT2D eigenvalue weighted by Gasteiger charge is -2.16. The van der Waals surface area contributed by atoms with Crippen LogP contribution in [-0.4, -0.2) is 24.2 Å². The summed E-state index contributed by atoms with van der Waals surface area (Å²) >= 11 is 0. The normalized spacial score (nSPS) is 12.5. The summed E-state index contributed by atoms with van der Waals surface area (Å²) in [6.45, 7) is 6.32. The average Bonchev–Trinajstić information content (AvgIpc) is 2.54. The van der Waals surface area contributed by atoms with E-state index in [9.17, 15) is 0 Å². The summed E-state index contributed by atoms with van der Waals surface area (Å²) in [6.07, 6.45) is 6.44. The number of nitrogens with zero attached hydrogens (tertiary/aromatic N) is 1. The second-order valence-corrected chi connectivity index (χ2v) is 5.41. The van der Waals surface area contributed by atoms with Gasteiger partial charge in [0, 0.05) is 23.7 Å². The van der Waals surface area contributed by atoms with Crippen molar-refractivity contribution in [3.8, 4) is 5.75 Å². The highest BCUT2D eigenvalue weighted by Crippen LogP contribution is 2.19. The molecule has 3 heteroatoms. The molecule has 114 valence electrons. The Kier molecular flexibility index (Phi) is 6.48. The molecule has 1 aromatic heterocycles. The van der Waals surface area contributed by atoms with E-state index in [-0.39, 0.29) is 0 Å². The van der Waals surface area contributed by atoms with E-state index in [0.717, 1.165) is 36.2 Å². The van der Waals surface area contributed by atoms with Crippen LogP contribution >= 0.6 is 0 Å². The first kappa shape index (κ1) is 15.8. The molecule has 0 bridgehead atoms. The van der Waals surface area contributed by atoms with Crippen molar-refractivity contribution in [3.63, 3.8) is 0 Å². The Balaban J connectivity index is 1.76. The molecule has 21 heavy (non-hydrogen) atoms. The van der Waals surface area contributed by atoms with Crippen molar-refractivity contribution >= 4 is 10.9 Å². The highest BCUT2D eigenvalue weighted by atomic mass is 16.5. The lowest BCUT2D eigenvalue weighted by atomic mass is 10.1. The van der Waals surface area contributed by atoms with Crippen molar-refractivity contribution in [1.29, 1.82) is 0 Å². The van der Waals surface area contributed by atoms with E-state index in [1.807, 2.05) is 24.4 Å². The van der Waals surface area contributed by atoms with E-state index < -0.39 is 0 Å². The Bertz CT molecular complexity index is 541. The summed E-state index contributed by atoms with van der Waals surface area (Å²) in [5, 5.41) is 4.73. The van der Waals surface area contributed by atoms with E-state index in [1.54, 1.807) is 0 Å². The molecule has 1 aromatic carbocycles. The minimum Gasteiger partial charge on any atom is -0.494 e. The van der Waals surface area contributed by atoms with Gasteiger partial charge in [-0.25, -0.2) is 0 Å². The molecule has 0 saturated carbocycles. The third-order valence-corrected chi connectivity index (χ3v) is 3.72. The van der Waals surface area contributed by atoms with Gasteiger partial charge in [0.05, 0.1) is 12.1 Å². The maximum Gasteiger partial charge on any atom is 0.121 e. The van der Waals surface area contributed by atoms with Crippen molar-refractivity contribution in [2.24, 2.45) is 0 Å². The summed E-state index contributed by atoms with van der Waals surface area (Å²) in [4.78, 5) is 4.36. The molecule has 1 N–H and O–H groups in total. The van der Waals surface area contributed by atoms with Crippen molar-refractivity contribution < 1.29 is 4.74 Å². The quantitative estimate of drug-likeness (QED) is 0.702. The number of rotatable bonds is 9. The summed E-state index contributed by atoms with van der Waals surface area (Å²) < 4.78 is 5.85. The molecule has 0 radical (unpaired) electrons. The first-order valence-corrected chi connectivity index (χ1v) is 8.04. The van der Waals surface area contributed by atoms with Gasteiger partial charge in [-0.2, -0.15) is 0 Å². The number of hydrogen-bond donors (Lipinski definition) is 1.